The first-order chi connectivity index (χ1) is 14.5. The normalized spacial score (nSPS) is 18.1. The number of nitrogens with two attached hydrogens (primary N) is 1. The fourth-order valence-electron chi connectivity index (χ4n) is 3.68. The number of halogens is 2. The van der Waals surface area contributed by atoms with Crippen molar-refractivity contribution in [2.45, 2.75) is 38.4 Å². The fraction of sp³-hybridized carbons (Fsp3) is 0.409. The Morgan fingerprint density at radius 3 is 2.59 bits per heavy atom. The molecule has 6 N–H and O–H groups in total. The standard InChI is InChI=1S/C22H29N5O3.2ClH/c1-14-17(7-8-20(23)26-14)12-25-21(29)19(13-28)27-22(30)18-10-16(11-24-18)9-15-5-3-2-4-6-15;;/h2-8,16,18-19,24,28H,9-13H2,1H3,(H2,23,26)(H,25,29)(H,27,30);2*1H/t16-,18+,19?;;/m0../s1. The van der Waals surface area contributed by atoms with E-state index < -0.39 is 18.6 Å². The number of nitrogens with zero attached hydrogens (tertiary/aromatic N) is 1. The van der Waals surface area contributed by atoms with E-state index in [-0.39, 0.29) is 43.3 Å². The van der Waals surface area contributed by atoms with Crippen molar-refractivity contribution in [1.82, 2.24) is 20.9 Å². The molecule has 1 aliphatic heterocycles. The Morgan fingerprint density at radius 2 is 1.94 bits per heavy atom. The number of aliphatic hydroxyl groups is 1. The van der Waals surface area contributed by atoms with Crippen molar-refractivity contribution >= 4 is 42.4 Å². The lowest BCUT2D eigenvalue weighted by atomic mass is 9.96. The summed E-state index contributed by atoms with van der Waals surface area (Å²) in [6.07, 6.45) is 1.59. The lowest BCUT2D eigenvalue weighted by Crippen LogP contribution is -2.53. The zero-order chi connectivity index (χ0) is 21.5. The van der Waals surface area contributed by atoms with Gasteiger partial charge in [0.05, 0.1) is 12.6 Å². The van der Waals surface area contributed by atoms with Crippen LogP contribution in [0.25, 0.3) is 0 Å². The summed E-state index contributed by atoms with van der Waals surface area (Å²) >= 11 is 0. The Bertz CT molecular complexity index is 885. The van der Waals surface area contributed by atoms with Crippen LogP contribution < -0.4 is 21.7 Å². The van der Waals surface area contributed by atoms with Crippen molar-refractivity contribution in [2.75, 3.05) is 18.9 Å². The highest BCUT2D eigenvalue weighted by Gasteiger charge is 2.31. The van der Waals surface area contributed by atoms with Gasteiger partial charge in [0.1, 0.15) is 11.9 Å². The van der Waals surface area contributed by atoms with Crippen LogP contribution in [0.2, 0.25) is 0 Å². The Kier molecular flexibility index (Phi) is 11.4. The minimum absolute atomic E-state index is 0. The number of nitrogens with one attached hydrogen (secondary N) is 3. The van der Waals surface area contributed by atoms with Crippen LogP contribution in [-0.4, -0.2) is 47.1 Å². The van der Waals surface area contributed by atoms with Gasteiger partial charge in [0.2, 0.25) is 11.8 Å². The molecule has 1 aliphatic rings. The number of aromatic nitrogens is 1. The second-order valence-corrected chi connectivity index (χ2v) is 7.69. The first kappa shape index (κ1) is 27.6. The number of hydrogen-bond donors (Lipinski definition) is 5. The molecule has 8 nitrogen and oxygen atoms in total. The Morgan fingerprint density at radius 1 is 1.22 bits per heavy atom. The molecule has 2 aromatic rings. The van der Waals surface area contributed by atoms with Gasteiger partial charge in [-0.3, -0.25) is 9.59 Å². The van der Waals surface area contributed by atoms with Gasteiger partial charge >= 0.3 is 0 Å². The van der Waals surface area contributed by atoms with Gasteiger partial charge in [-0.25, -0.2) is 4.98 Å². The maximum absolute atomic E-state index is 12.6. The molecule has 1 aromatic carbocycles. The number of carbonyl (C=O) groups is 2. The predicted octanol–water partition coefficient (Wildman–Crippen LogP) is 1.13. The van der Waals surface area contributed by atoms with E-state index in [1.807, 2.05) is 18.2 Å². The molecular formula is C22H31Cl2N5O3. The van der Waals surface area contributed by atoms with Crippen molar-refractivity contribution in [3.05, 3.63) is 59.3 Å². The second kappa shape index (κ2) is 13.2. The largest absolute Gasteiger partial charge is 0.394 e. The molecule has 0 radical (unpaired) electrons. The lowest BCUT2D eigenvalue weighted by Gasteiger charge is -2.19. The van der Waals surface area contributed by atoms with E-state index in [2.05, 4.69) is 33.1 Å². The molecule has 1 aromatic heterocycles. The lowest BCUT2D eigenvalue weighted by molar-refractivity contribution is -0.130. The van der Waals surface area contributed by atoms with Gasteiger partial charge in [0.25, 0.3) is 0 Å². The molecule has 0 saturated carbocycles. The minimum Gasteiger partial charge on any atom is -0.394 e. The third-order valence-corrected chi connectivity index (χ3v) is 5.39. The molecule has 3 rings (SSSR count). The Labute approximate surface area is 200 Å². The van der Waals surface area contributed by atoms with E-state index in [0.29, 0.717) is 18.2 Å². The molecule has 176 valence electrons. The van der Waals surface area contributed by atoms with E-state index in [0.717, 1.165) is 24.2 Å². The number of rotatable bonds is 8. The quantitative estimate of drug-likeness (QED) is 0.382. The zero-order valence-electron chi connectivity index (χ0n) is 17.9. The van der Waals surface area contributed by atoms with Gasteiger partial charge in [-0.05, 0) is 49.4 Å². The van der Waals surface area contributed by atoms with Crippen LogP contribution in [0, 0.1) is 12.8 Å². The average molecular weight is 484 g/mol. The first-order valence-corrected chi connectivity index (χ1v) is 10.1. The van der Waals surface area contributed by atoms with Gasteiger partial charge in [-0.15, -0.1) is 24.8 Å². The fourth-order valence-corrected chi connectivity index (χ4v) is 3.68. The van der Waals surface area contributed by atoms with Crippen LogP contribution in [0.3, 0.4) is 0 Å². The van der Waals surface area contributed by atoms with E-state index in [4.69, 9.17) is 5.73 Å². The van der Waals surface area contributed by atoms with E-state index >= 15 is 0 Å². The molecule has 0 aliphatic carbocycles. The van der Waals surface area contributed by atoms with Gasteiger partial charge in [0, 0.05) is 12.2 Å². The van der Waals surface area contributed by atoms with Crippen molar-refractivity contribution < 1.29 is 14.7 Å². The summed E-state index contributed by atoms with van der Waals surface area (Å²) in [5, 5.41) is 18.2. The van der Waals surface area contributed by atoms with Gasteiger partial charge in [-0.1, -0.05) is 36.4 Å². The monoisotopic (exact) mass is 483 g/mol. The SMILES string of the molecule is Cc1nc(N)ccc1CNC(=O)C(CO)NC(=O)[C@H]1C[C@H](Cc2ccccc2)CN1.Cl.Cl. The number of hydrogen-bond acceptors (Lipinski definition) is 6. The Hall–Kier alpha value is -2.39. The van der Waals surface area contributed by atoms with E-state index in [9.17, 15) is 14.7 Å². The van der Waals surface area contributed by atoms with Crippen molar-refractivity contribution in [3.8, 4) is 0 Å². The first-order valence-electron chi connectivity index (χ1n) is 10.1. The van der Waals surface area contributed by atoms with Crippen LogP contribution in [0.15, 0.2) is 42.5 Å². The number of aliphatic hydroxyl groups excluding tert-OH is 1. The zero-order valence-corrected chi connectivity index (χ0v) is 19.5. The van der Waals surface area contributed by atoms with Crippen LogP contribution >= 0.6 is 24.8 Å². The molecular weight excluding hydrogens is 453 g/mol. The molecule has 1 unspecified atom stereocenters. The minimum atomic E-state index is -1.01. The molecule has 32 heavy (non-hydrogen) atoms. The summed E-state index contributed by atoms with van der Waals surface area (Å²) in [6.45, 7) is 2.31. The average Bonchev–Trinajstić information content (AvgIpc) is 3.20. The van der Waals surface area contributed by atoms with Gasteiger partial charge < -0.3 is 26.8 Å². The number of pyridine rings is 1. The molecule has 2 amide bonds. The predicted molar refractivity (Wildman–Crippen MR) is 129 cm³/mol. The summed E-state index contributed by atoms with van der Waals surface area (Å²) in [6, 6.07) is 12.2. The second-order valence-electron chi connectivity index (χ2n) is 7.69. The maximum Gasteiger partial charge on any atom is 0.245 e. The summed E-state index contributed by atoms with van der Waals surface area (Å²) in [5.41, 5.74) is 8.42. The number of anilines is 1. The molecule has 3 atom stereocenters. The molecule has 0 spiro atoms. The highest BCUT2D eigenvalue weighted by Crippen LogP contribution is 2.19. The summed E-state index contributed by atoms with van der Waals surface area (Å²) in [4.78, 5) is 29.2. The molecule has 10 heteroatoms. The molecule has 1 fully saturated rings. The molecule has 0 bridgehead atoms. The van der Waals surface area contributed by atoms with Crippen LogP contribution in [-0.2, 0) is 22.6 Å². The highest BCUT2D eigenvalue weighted by atomic mass is 35.5. The topological polar surface area (TPSA) is 129 Å². The number of benzene rings is 1. The van der Waals surface area contributed by atoms with Crippen molar-refractivity contribution in [2.24, 2.45) is 5.92 Å². The third kappa shape index (κ3) is 7.63. The molecule has 2 heterocycles. The van der Waals surface area contributed by atoms with E-state index in [1.54, 1.807) is 19.1 Å². The van der Waals surface area contributed by atoms with Crippen LogP contribution in [0.1, 0.15) is 23.2 Å². The summed E-state index contributed by atoms with van der Waals surface area (Å²) < 4.78 is 0. The highest BCUT2D eigenvalue weighted by molar-refractivity contribution is 5.90. The smallest absolute Gasteiger partial charge is 0.245 e. The number of carbonyl (C=O) groups excluding carboxylic acids is 2. The summed E-state index contributed by atoms with van der Waals surface area (Å²) in [7, 11) is 0. The number of nitrogen functional groups attached to an aromatic ring is 1. The van der Waals surface area contributed by atoms with Crippen molar-refractivity contribution in [1.29, 1.82) is 0 Å². The number of amides is 2. The third-order valence-electron chi connectivity index (χ3n) is 5.39. The molecule has 1 saturated heterocycles. The van der Waals surface area contributed by atoms with Crippen LogP contribution in [0.4, 0.5) is 5.82 Å². The van der Waals surface area contributed by atoms with Crippen LogP contribution in [0.5, 0.6) is 0 Å². The number of aryl methyl sites for hydroxylation is 1. The summed E-state index contributed by atoms with van der Waals surface area (Å²) in [5.74, 6) is 0.0502. The maximum atomic E-state index is 12.6. The Balaban J connectivity index is 0.00000256. The van der Waals surface area contributed by atoms with Crippen molar-refractivity contribution in [3.63, 3.8) is 0 Å². The van der Waals surface area contributed by atoms with E-state index in [1.165, 1.54) is 5.56 Å². The van der Waals surface area contributed by atoms with Gasteiger partial charge in [-0.2, -0.15) is 0 Å². The van der Waals surface area contributed by atoms with Gasteiger partial charge in [0.15, 0.2) is 0 Å².